The molecular formula is C17H21NO2S. The topological polar surface area (TPSA) is 52.3 Å². The summed E-state index contributed by atoms with van der Waals surface area (Å²) in [6, 6.07) is 14.3. The van der Waals surface area contributed by atoms with Crippen LogP contribution in [0.15, 0.2) is 42.5 Å². The van der Waals surface area contributed by atoms with Crippen LogP contribution in [-0.2, 0) is 15.5 Å². The summed E-state index contributed by atoms with van der Waals surface area (Å²) in [6.07, 6.45) is 1.77. The third kappa shape index (κ3) is 3.51. The lowest BCUT2D eigenvalue weighted by Crippen LogP contribution is -2.30. The summed E-state index contributed by atoms with van der Waals surface area (Å²) in [4.78, 5) is 0. The molecule has 0 bridgehead atoms. The largest absolute Gasteiger partial charge is 0.381 e. The number of rotatable bonds is 4. The van der Waals surface area contributed by atoms with Crippen LogP contribution in [0, 0.1) is 0 Å². The fraction of sp³-hybridized carbons (Fsp3) is 0.412. The maximum absolute atomic E-state index is 12.4. The molecular weight excluding hydrogens is 282 g/mol. The van der Waals surface area contributed by atoms with Crippen molar-refractivity contribution in [1.82, 2.24) is 0 Å². The van der Waals surface area contributed by atoms with Gasteiger partial charge in [-0.3, -0.25) is 4.21 Å². The summed E-state index contributed by atoms with van der Waals surface area (Å²) in [5, 5.41) is 2.63. The molecule has 0 aromatic heterocycles. The molecule has 1 heterocycles. The lowest BCUT2D eigenvalue weighted by atomic mass is 10.0. The highest BCUT2D eigenvalue weighted by Crippen LogP contribution is 2.22. The van der Waals surface area contributed by atoms with Crippen LogP contribution in [0.25, 0.3) is 10.8 Å². The first-order valence-electron chi connectivity index (χ1n) is 7.43. The van der Waals surface area contributed by atoms with Gasteiger partial charge in [0.25, 0.3) is 0 Å². The van der Waals surface area contributed by atoms with Gasteiger partial charge in [-0.05, 0) is 35.2 Å². The Hall–Kier alpha value is -1.23. The zero-order valence-corrected chi connectivity index (χ0v) is 12.9. The van der Waals surface area contributed by atoms with Crippen LogP contribution in [0.2, 0.25) is 0 Å². The van der Waals surface area contributed by atoms with E-state index in [1.54, 1.807) is 0 Å². The predicted molar refractivity (Wildman–Crippen MR) is 87.7 cm³/mol. The molecule has 0 radical (unpaired) electrons. The average molecular weight is 303 g/mol. The molecule has 2 aromatic rings. The summed E-state index contributed by atoms with van der Waals surface area (Å²) in [5.74, 6) is 0.531. The Morgan fingerprint density at radius 2 is 1.86 bits per heavy atom. The van der Waals surface area contributed by atoms with Gasteiger partial charge in [0, 0.05) is 41.1 Å². The minimum Gasteiger partial charge on any atom is -0.381 e. The van der Waals surface area contributed by atoms with E-state index < -0.39 is 10.8 Å². The molecule has 0 amide bonds. The van der Waals surface area contributed by atoms with E-state index in [0.717, 1.165) is 31.6 Å². The number of nitrogens with two attached hydrogens (primary N) is 1. The van der Waals surface area contributed by atoms with E-state index >= 15 is 0 Å². The van der Waals surface area contributed by atoms with Crippen molar-refractivity contribution in [3.05, 3.63) is 48.0 Å². The highest BCUT2D eigenvalue weighted by Gasteiger charge is 2.22. The number of hydrogen-bond acceptors (Lipinski definition) is 3. The summed E-state index contributed by atoms with van der Waals surface area (Å²) >= 11 is 0. The highest BCUT2D eigenvalue weighted by molar-refractivity contribution is 7.85. The molecule has 3 rings (SSSR count). The molecule has 1 aliphatic rings. The van der Waals surface area contributed by atoms with E-state index in [2.05, 4.69) is 24.3 Å². The second-order valence-electron chi connectivity index (χ2n) is 5.57. The van der Waals surface area contributed by atoms with Crippen LogP contribution in [0.1, 0.15) is 24.4 Å². The molecule has 2 atom stereocenters. The van der Waals surface area contributed by atoms with E-state index in [9.17, 15) is 4.21 Å². The smallest absolute Gasteiger partial charge is 0.0477 e. The third-order valence-corrected chi connectivity index (χ3v) is 5.99. The molecule has 1 aliphatic heterocycles. The van der Waals surface area contributed by atoms with Crippen molar-refractivity contribution < 1.29 is 8.95 Å². The van der Waals surface area contributed by atoms with Crippen LogP contribution in [0.4, 0.5) is 0 Å². The van der Waals surface area contributed by atoms with E-state index in [1.807, 2.05) is 18.2 Å². The molecule has 1 fully saturated rings. The molecule has 1 saturated heterocycles. The minimum absolute atomic E-state index is 0.168. The fourth-order valence-electron chi connectivity index (χ4n) is 2.79. The Morgan fingerprint density at radius 1 is 1.14 bits per heavy atom. The van der Waals surface area contributed by atoms with E-state index in [1.165, 1.54) is 10.8 Å². The summed E-state index contributed by atoms with van der Waals surface area (Å²) < 4.78 is 17.7. The molecule has 2 N–H and O–H groups in total. The molecule has 0 spiro atoms. The number of ether oxygens (including phenoxy) is 1. The predicted octanol–water partition coefficient (Wildman–Crippen LogP) is 2.77. The first kappa shape index (κ1) is 14.7. The Balaban J connectivity index is 1.71. The zero-order valence-electron chi connectivity index (χ0n) is 12.0. The normalized spacial score (nSPS) is 19.5. The van der Waals surface area contributed by atoms with Gasteiger partial charge in [-0.25, -0.2) is 0 Å². The second kappa shape index (κ2) is 6.69. The third-order valence-electron chi connectivity index (χ3n) is 4.09. The average Bonchev–Trinajstić information content (AvgIpc) is 2.55. The number of hydrogen-bond donors (Lipinski definition) is 1. The monoisotopic (exact) mass is 303 g/mol. The maximum atomic E-state index is 12.4. The van der Waals surface area contributed by atoms with Crippen molar-refractivity contribution in [3.63, 3.8) is 0 Å². The Kier molecular flexibility index (Phi) is 4.68. The molecule has 0 aliphatic carbocycles. The Morgan fingerprint density at radius 3 is 2.62 bits per heavy atom. The molecule has 0 saturated carbocycles. The fourth-order valence-corrected chi connectivity index (χ4v) is 4.32. The van der Waals surface area contributed by atoms with Crippen LogP contribution in [-0.4, -0.2) is 28.4 Å². The molecule has 2 aromatic carbocycles. The van der Waals surface area contributed by atoms with Gasteiger partial charge in [0.1, 0.15) is 0 Å². The van der Waals surface area contributed by atoms with Gasteiger partial charge in [-0.15, -0.1) is 0 Å². The molecule has 4 heteroatoms. The van der Waals surface area contributed by atoms with E-state index in [0.29, 0.717) is 5.75 Å². The van der Waals surface area contributed by atoms with E-state index in [-0.39, 0.29) is 11.3 Å². The number of fused-ring (bicyclic) bond motifs is 1. The summed E-state index contributed by atoms with van der Waals surface area (Å²) in [7, 11) is -0.876. The van der Waals surface area contributed by atoms with Crippen LogP contribution < -0.4 is 5.73 Å². The zero-order chi connectivity index (χ0) is 14.7. The highest BCUT2D eigenvalue weighted by atomic mass is 32.2. The standard InChI is InChI=1S/C17H21NO2S/c18-17(12-21(19)16-7-9-20-10-8-16)15-6-5-13-3-1-2-4-14(13)11-15/h1-6,11,16-17H,7-10,12,18H2. The van der Waals surface area contributed by atoms with Gasteiger partial charge in [0.05, 0.1) is 0 Å². The summed E-state index contributed by atoms with van der Waals surface area (Å²) in [5.41, 5.74) is 7.33. The van der Waals surface area contributed by atoms with Crippen molar-refractivity contribution in [2.75, 3.05) is 19.0 Å². The van der Waals surface area contributed by atoms with Crippen molar-refractivity contribution in [1.29, 1.82) is 0 Å². The van der Waals surface area contributed by atoms with Gasteiger partial charge < -0.3 is 10.5 Å². The second-order valence-corrected chi connectivity index (χ2v) is 7.33. The first-order chi connectivity index (χ1) is 10.2. The van der Waals surface area contributed by atoms with Gasteiger partial charge in [0.15, 0.2) is 0 Å². The minimum atomic E-state index is -0.876. The Bertz CT molecular complexity index is 637. The maximum Gasteiger partial charge on any atom is 0.0477 e. The van der Waals surface area contributed by atoms with E-state index in [4.69, 9.17) is 10.5 Å². The molecule has 112 valence electrons. The van der Waals surface area contributed by atoms with Crippen molar-refractivity contribution >= 4 is 21.6 Å². The van der Waals surface area contributed by atoms with Crippen molar-refractivity contribution in [2.45, 2.75) is 24.1 Å². The van der Waals surface area contributed by atoms with Crippen LogP contribution >= 0.6 is 0 Å². The number of benzene rings is 2. The SMILES string of the molecule is NC(CS(=O)C1CCOCC1)c1ccc2ccccc2c1. The molecule has 2 unspecified atom stereocenters. The van der Waals surface area contributed by atoms with Gasteiger partial charge in [-0.2, -0.15) is 0 Å². The lowest BCUT2D eigenvalue weighted by molar-refractivity contribution is 0.0992. The lowest BCUT2D eigenvalue weighted by Gasteiger charge is -2.23. The van der Waals surface area contributed by atoms with Crippen molar-refractivity contribution in [2.24, 2.45) is 5.73 Å². The van der Waals surface area contributed by atoms with Crippen molar-refractivity contribution in [3.8, 4) is 0 Å². The molecule has 3 nitrogen and oxygen atoms in total. The van der Waals surface area contributed by atoms with Crippen LogP contribution in [0.3, 0.4) is 0 Å². The Labute approximate surface area is 127 Å². The van der Waals surface area contributed by atoms with Gasteiger partial charge in [0.2, 0.25) is 0 Å². The van der Waals surface area contributed by atoms with Gasteiger partial charge in [-0.1, -0.05) is 36.4 Å². The molecule has 21 heavy (non-hydrogen) atoms. The quantitative estimate of drug-likeness (QED) is 0.945. The van der Waals surface area contributed by atoms with Crippen LogP contribution in [0.5, 0.6) is 0 Å². The first-order valence-corrected chi connectivity index (χ1v) is 8.81. The van der Waals surface area contributed by atoms with Gasteiger partial charge >= 0.3 is 0 Å². The summed E-state index contributed by atoms with van der Waals surface area (Å²) in [6.45, 7) is 1.45.